The molecular formula is C23H23FN6O2. The maximum absolute atomic E-state index is 13.4. The minimum Gasteiger partial charge on any atom is -0.388 e. The summed E-state index contributed by atoms with van der Waals surface area (Å²) in [6.07, 6.45) is 7.88. The van der Waals surface area contributed by atoms with Crippen molar-refractivity contribution < 1.29 is 14.3 Å². The smallest absolute Gasteiger partial charge is 0.211 e. The molecule has 8 nitrogen and oxygen atoms in total. The molecule has 1 atom stereocenters. The van der Waals surface area contributed by atoms with Crippen LogP contribution in [0.4, 0.5) is 15.9 Å². The molecule has 32 heavy (non-hydrogen) atoms. The fraction of sp³-hybridized carbons (Fsp3) is 0.217. The van der Waals surface area contributed by atoms with Crippen molar-refractivity contribution >= 4 is 23.6 Å². The lowest BCUT2D eigenvalue weighted by Gasteiger charge is -2.20. The summed E-state index contributed by atoms with van der Waals surface area (Å²) < 4.78 is 14.9. The molecule has 0 aliphatic heterocycles. The summed E-state index contributed by atoms with van der Waals surface area (Å²) in [5, 5.41) is 14.9. The van der Waals surface area contributed by atoms with Crippen LogP contribution in [0.1, 0.15) is 30.1 Å². The van der Waals surface area contributed by atoms with E-state index < -0.39 is 0 Å². The van der Waals surface area contributed by atoms with Crippen molar-refractivity contribution in [2.75, 3.05) is 17.7 Å². The lowest BCUT2D eigenvalue weighted by atomic mass is 9.90. The van der Waals surface area contributed by atoms with Gasteiger partial charge in [0.05, 0.1) is 18.5 Å². The number of rotatable bonds is 4. The van der Waals surface area contributed by atoms with Gasteiger partial charge in [0.15, 0.2) is 11.6 Å². The zero-order chi connectivity index (χ0) is 22.5. The molecule has 1 aliphatic carbocycles. The molecule has 0 bridgehead atoms. The van der Waals surface area contributed by atoms with E-state index in [9.17, 15) is 14.3 Å². The van der Waals surface area contributed by atoms with E-state index >= 15 is 0 Å². The van der Waals surface area contributed by atoms with Gasteiger partial charge in [0, 0.05) is 13.2 Å². The zero-order valence-corrected chi connectivity index (χ0v) is 17.5. The molecule has 0 spiro atoms. The predicted octanol–water partition coefficient (Wildman–Crippen LogP) is 3.60. The maximum Gasteiger partial charge on any atom is 0.211 e. The van der Waals surface area contributed by atoms with Gasteiger partial charge in [0.1, 0.15) is 22.8 Å². The van der Waals surface area contributed by atoms with Crippen LogP contribution in [0.5, 0.6) is 0 Å². The number of aliphatic hydroxyl groups excluding tert-OH is 1. The maximum atomic E-state index is 13.4. The van der Waals surface area contributed by atoms with Crippen molar-refractivity contribution in [1.29, 1.82) is 0 Å². The lowest BCUT2D eigenvalue weighted by Crippen LogP contribution is -2.08. The minimum absolute atomic E-state index is 0.208. The van der Waals surface area contributed by atoms with Crippen molar-refractivity contribution in [3.05, 3.63) is 71.9 Å². The molecule has 1 unspecified atom stereocenters. The van der Waals surface area contributed by atoms with E-state index in [4.69, 9.17) is 0 Å². The van der Waals surface area contributed by atoms with E-state index in [2.05, 4.69) is 31.7 Å². The molecular weight excluding hydrogens is 411 g/mol. The van der Waals surface area contributed by atoms with Gasteiger partial charge in [-0.2, -0.15) is 0 Å². The first-order valence-corrected chi connectivity index (χ1v) is 10.2. The highest BCUT2D eigenvalue weighted by Gasteiger charge is 2.16. The number of carbonyl (C=O) groups is 1. The van der Waals surface area contributed by atoms with Crippen LogP contribution >= 0.6 is 0 Å². The SMILES string of the molecule is CNc1nc(-c2cnc3ccc(F)cn23)ncc1NC=O.OC1CCCc2ccccc21. The second-order valence-electron chi connectivity index (χ2n) is 7.29. The van der Waals surface area contributed by atoms with Gasteiger partial charge in [0.2, 0.25) is 6.41 Å². The minimum atomic E-state index is -0.380. The fourth-order valence-corrected chi connectivity index (χ4v) is 3.71. The Bertz CT molecular complexity index is 1240. The molecule has 0 fully saturated rings. The van der Waals surface area contributed by atoms with Gasteiger partial charge >= 0.3 is 0 Å². The predicted molar refractivity (Wildman–Crippen MR) is 120 cm³/mol. The third kappa shape index (κ3) is 4.42. The number of aromatic nitrogens is 4. The second-order valence-corrected chi connectivity index (χ2v) is 7.29. The van der Waals surface area contributed by atoms with Crippen molar-refractivity contribution in [2.45, 2.75) is 25.4 Å². The Morgan fingerprint density at radius 1 is 1.19 bits per heavy atom. The Kier molecular flexibility index (Phi) is 6.37. The van der Waals surface area contributed by atoms with Crippen LogP contribution in [-0.4, -0.2) is 37.9 Å². The molecule has 9 heteroatoms. The van der Waals surface area contributed by atoms with Crippen LogP contribution in [0.15, 0.2) is 55.0 Å². The monoisotopic (exact) mass is 434 g/mol. The van der Waals surface area contributed by atoms with E-state index in [0.29, 0.717) is 35.1 Å². The Balaban J connectivity index is 0.000000186. The highest BCUT2D eigenvalue weighted by molar-refractivity contribution is 5.79. The summed E-state index contributed by atoms with van der Waals surface area (Å²) in [7, 11) is 1.68. The summed E-state index contributed by atoms with van der Waals surface area (Å²) in [5.74, 6) is 0.446. The van der Waals surface area contributed by atoms with E-state index in [0.717, 1.165) is 24.8 Å². The number of hydrogen-bond acceptors (Lipinski definition) is 6. The van der Waals surface area contributed by atoms with Crippen molar-refractivity contribution in [3.8, 4) is 11.5 Å². The number of anilines is 2. The quantitative estimate of drug-likeness (QED) is 0.424. The summed E-state index contributed by atoms with van der Waals surface area (Å²) >= 11 is 0. The molecule has 4 aromatic rings. The van der Waals surface area contributed by atoms with Crippen molar-refractivity contribution in [1.82, 2.24) is 19.4 Å². The first kappa shape index (κ1) is 21.4. The number of aliphatic hydroxyl groups is 1. The number of amides is 1. The zero-order valence-electron chi connectivity index (χ0n) is 17.5. The molecule has 1 aliphatic rings. The number of hydrogen-bond donors (Lipinski definition) is 3. The van der Waals surface area contributed by atoms with Gasteiger partial charge in [0.25, 0.3) is 0 Å². The number of aryl methyl sites for hydroxylation is 1. The van der Waals surface area contributed by atoms with Crippen LogP contribution in [0.3, 0.4) is 0 Å². The Morgan fingerprint density at radius 3 is 2.81 bits per heavy atom. The summed E-state index contributed by atoms with van der Waals surface area (Å²) in [6, 6.07) is 11.1. The lowest BCUT2D eigenvalue weighted by molar-refractivity contribution is -0.105. The van der Waals surface area contributed by atoms with Crippen LogP contribution < -0.4 is 10.6 Å². The van der Waals surface area contributed by atoms with Crippen molar-refractivity contribution in [2.24, 2.45) is 0 Å². The number of benzene rings is 1. The highest BCUT2D eigenvalue weighted by Crippen LogP contribution is 2.28. The molecule has 164 valence electrons. The number of fused-ring (bicyclic) bond motifs is 2. The number of nitrogens with one attached hydrogen (secondary N) is 2. The second kappa shape index (κ2) is 9.52. The molecule has 3 N–H and O–H groups in total. The van der Waals surface area contributed by atoms with Gasteiger partial charge in [-0.25, -0.2) is 19.3 Å². The van der Waals surface area contributed by atoms with Gasteiger partial charge in [-0.05, 0) is 42.5 Å². The fourth-order valence-electron chi connectivity index (χ4n) is 3.71. The number of nitrogens with zero attached hydrogens (tertiary/aromatic N) is 4. The Labute approximate surface area is 184 Å². The molecule has 1 amide bonds. The largest absolute Gasteiger partial charge is 0.388 e. The molecule has 3 aromatic heterocycles. The Hall–Kier alpha value is -3.85. The van der Waals surface area contributed by atoms with Gasteiger partial charge < -0.3 is 15.7 Å². The molecule has 1 aromatic carbocycles. The average molecular weight is 434 g/mol. The summed E-state index contributed by atoms with van der Waals surface area (Å²) in [6.45, 7) is 0. The number of pyridine rings is 1. The summed E-state index contributed by atoms with van der Waals surface area (Å²) in [5.41, 5.74) is 4.07. The van der Waals surface area contributed by atoms with E-state index in [1.54, 1.807) is 23.7 Å². The first-order valence-electron chi connectivity index (χ1n) is 10.2. The molecule has 3 heterocycles. The molecule has 5 rings (SSSR count). The number of halogens is 1. The van der Waals surface area contributed by atoms with Gasteiger partial charge in [-0.1, -0.05) is 24.3 Å². The van der Waals surface area contributed by atoms with Gasteiger partial charge in [-0.15, -0.1) is 0 Å². The topological polar surface area (TPSA) is 104 Å². The first-order chi connectivity index (χ1) is 15.6. The molecule has 0 saturated carbocycles. The van der Waals surface area contributed by atoms with Crippen molar-refractivity contribution in [3.63, 3.8) is 0 Å². The normalized spacial score (nSPS) is 14.8. The third-order valence-electron chi connectivity index (χ3n) is 5.28. The molecule has 0 radical (unpaired) electrons. The van der Waals surface area contributed by atoms with Crippen LogP contribution in [-0.2, 0) is 11.2 Å². The summed E-state index contributed by atoms with van der Waals surface area (Å²) in [4.78, 5) is 23.2. The van der Waals surface area contributed by atoms with Gasteiger partial charge in [-0.3, -0.25) is 9.20 Å². The average Bonchev–Trinajstić information content (AvgIpc) is 3.23. The standard InChI is InChI=1S/C13H11FN6O.C10H12O/c1-15-12-9(18-7-21)4-17-13(19-12)10-5-16-11-3-2-8(14)6-20(10)11;11-10-7-3-5-8-4-1-2-6-9(8)10/h2-7H,1H3,(H,18,21)(H,15,17,19);1-2,4,6,10-11H,3,5,7H2. The van der Waals surface area contributed by atoms with E-state index in [1.165, 1.54) is 24.0 Å². The van der Waals surface area contributed by atoms with Crippen LogP contribution in [0.25, 0.3) is 17.2 Å². The highest BCUT2D eigenvalue weighted by atomic mass is 19.1. The van der Waals surface area contributed by atoms with Crippen LogP contribution in [0.2, 0.25) is 0 Å². The van der Waals surface area contributed by atoms with Crippen LogP contribution in [0, 0.1) is 5.82 Å². The number of imidazole rings is 1. The molecule has 0 saturated heterocycles. The van der Waals surface area contributed by atoms with E-state index in [1.807, 2.05) is 18.2 Å². The Morgan fingerprint density at radius 2 is 2.03 bits per heavy atom. The number of carbonyl (C=O) groups excluding carboxylic acids is 1. The van der Waals surface area contributed by atoms with E-state index in [-0.39, 0.29) is 11.9 Å². The third-order valence-corrected chi connectivity index (χ3v) is 5.28.